The van der Waals surface area contributed by atoms with Crippen molar-refractivity contribution in [3.05, 3.63) is 376 Å². The molecule has 6 nitrogen and oxygen atoms in total. The summed E-state index contributed by atoms with van der Waals surface area (Å²) in [5, 5.41) is 11.8. The fraction of sp³-hybridized carbons (Fsp3) is 0. The van der Waals surface area contributed by atoms with Crippen LogP contribution in [0, 0.1) is 0 Å². The molecule has 18 rings (SSSR count). The summed E-state index contributed by atoms with van der Waals surface area (Å²) in [5.41, 5.74) is 19.7. The van der Waals surface area contributed by atoms with Crippen LogP contribution < -0.4 is 19.6 Å². The molecule has 0 amide bonds. The van der Waals surface area contributed by atoms with Gasteiger partial charge in [-0.15, -0.1) is 0 Å². The van der Waals surface area contributed by atoms with Crippen LogP contribution in [-0.2, 0) is 0 Å². The van der Waals surface area contributed by atoms with Crippen LogP contribution >= 0.6 is 0 Å². The molecule has 2 heterocycles. The zero-order valence-corrected chi connectivity index (χ0v) is 52.5. The largest absolute Gasteiger partial charge is 0.310 e. The van der Waals surface area contributed by atoms with E-state index in [4.69, 9.17) is 0 Å². The SMILES string of the molecule is c1ccc(N(c2ccccc2)c2ccc3c(c2)c2cc(N(c4ccccc4)c4ccccc4)ccc2n3-c2ccc3c4ccc(-n5c6ccc(N(c7ccccc7)c7ccccc7)cc6c6cc(N(c7ccccc7)c7ccccc7)ccc65)cc4c4ccccc4c3c2)cc1. The fourth-order valence-electron chi connectivity index (χ4n) is 14.7. The molecule has 0 saturated heterocycles. The average molecular weight is 1230 g/mol. The lowest BCUT2D eigenvalue weighted by atomic mass is 9.93. The molecular weight excluding hydrogens is 1170 g/mol. The average Bonchev–Trinajstić information content (AvgIpc) is 1.50. The molecule has 18 aromatic rings. The highest BCUT2D eigenvalue weighted by atomic mass is 15.2. The number of nitrogens with zero attached hydrogens (tertiary/aromatic N) is 6. The molecule has 0 radical (unpaired) electrons. The Hall–Kier alpha value is -12.9. The maximum absolute atomic E-state index is 2.47. The summed E-state index contributed by atoms with van der Waals surface area (Å²) in [7, 11) is 0. The summed E-state index contributed by atoms with van der Waals surface area (Å²) in [6.07, 6.45) is 0. The summed E-state index contributed by atoms with van der Waals surface area (Å²) >= 11 is 0. The van der Waals surface area contributed by atoms with Crippen molar-refractivity contribution in [2.24, 2.45) is 0 Å². The second-order valence-corrected chi connectivity index (χ2v) is 24.5. The van der Waals surface area contributed by atoms with E-state index < -0.39 is 0 Å². The predicted octanol–water partition coefficient (Wildman–Crippen LogP) is 25.2. The van der Waals surface area contributed by atoms with E-state index in [0.717, 1.165) is 123 Å². The number of hydrogen-bond donors (Lipinski definition) is 0. The van der Waals surface area contributed by atoms with Crippen molar-refractivity contribution < 1.29 is 0 Å². The minimum atomic E-state index is 1.08. The highest BCUT2D eigenvalue weighted by Gasteiger charge is 2.24. The Bertz CT molecular complexity index is 5060. The number of anilines is 12. The number of aromatic nitrogens is 2. The van der Waals surface area contributed by atoms with Gasteiger partial charge in [0.05, 0.1) is 22.1 Å². The van der Waals surface area contributed by atoms with Crippen molar-refractivity contribution in [3.8, 4) is 11.4 Å². The van der Waals surface area contributed by atoms with Crippen LogP contribution in [-0.4, -0.2) is 9.13 Å². The van der Waals surface area contributed by atoms with Crippen LogP contribution in [0.15, 0.2) is 376 Å². The lowest BCUT2D eigenvalue weighted by Crippen LogP contribution is -2.09. The van der Waals surface area contributed by atoms with Gasteiger partial charge in [0.15, 0.2) is 0 Å². The Kier molecular flexibility index (Phi) is 13.8. The normalized spacial score (nSPS) is 11.5. The molecule has 96 heavy (non-hydrogen) atoms. The summed E-state index contributed by atoms with van der Waals surface area (Å²) in [6, 6.07) is 137. The van der Waals surface area contributed by atoms with E-state index in [-0.39, 0.29) is 0 Å². The lowest BCUT2D eigenvalue weighted by Gasteiger charge is -2.26. The van der Waals surface area contributed by atoms with Gasteiger partial charge in [-0.05, 0) is 226 Å². The molecule has 0 bridgehead atoms. The van der Waals surface area contributed by atoms with E-state index in [1.807, 2.05) is 0 Å². The third-order valence-corrected chi connectivity index (χ3v) is 18.9. The van der Waals surface area contributed by atoms with Crippen molar-refractivity contribution in [3.63, 3.8) is 0 Å². The van der Waals surface area contributed by atoms with Crippen LogP contribution in [0.3, 0.4) is 0 Å². The quantitative estimate of drug-likeness (QED) is 0.101. The molecular formula is C90H62N6. The number of hydrogen-bond acceptors (Lipinski definition) is 4. The number of para-hydroxylation sites is 8. The van der Waals surface area contributed by atoms with Crippen LogP contribution in [0.25, 0.3) is 87.3 Å². The molecule has 0 aliphatic rings. The van der Waals surface area contributed by atoms with Gasteiger partial charge in [-0.1, -0.05) is 182 Å². The smallest absolute Gasteiger partial charge is 0.0542 e. The van der Waals surface area contributed by atoms with Crippen molar-refractivity contribution >= 4 is 144 Å². The molecule has 16 aromatic carbocycles. The van der Waals surface area contributed by atoms with E-state index >= 15 is 0 Å². The van der Waals surface area contributed by atoms with Gasteiger partial charge in [0.1, 0.15) is 0 Å². The monoisotopic (exact) mass is 1230 g/mol. The van der Waals surface area contributed by atoms with Gasteiger partial charge in [0, 0.05) is 101 Å². The molecule has 0 unspecified atom stereocenters. The standard InChI is InChI=1S/C90H62N6/c1-9-27-63(28-10-1)91(64-29-11-2-12-30-64)71-47-53-87-83(59-71)84-60-72(92(65-31-13-3-14-32-65)66-33-15-4-16-34-66)48-54-88(84)95(87)75-45-51-79-80-52-46-76(58-82(80)78-44-26-25-43-77(78)81(79)57-75)96-89-55-49-73(93(67-35-17-5-18-36-67)68-37-19-6-20-38-68)61-85(89)86-62-74(50-56-90(86)96)94(69-39-21-7-22-40-69)70-41-23-8-24-42-70/h1-62H. The second kappa shape index (κ2) is 23.7. The first kappa shape index (κ1) is 55.9. The fourth-order valence-corrected chi connectivity index (χ4v) is 14.7. The maximum atomic E-state index is 2.47. The minimum Gasteiger partial charge on any atom is -0.310 e. The number of rotatable bonds is 14. The predicted molar refractivity (Wildman–Crippen MR) is 406 cm³/mol. The summed E-state index contributed by atoms with van der Waals surface area (Å²) in [4.78, 5) is 9.43. The van der Waals surface area contributed by atoms with Crippen LogP contribution in [0.4, 0.5) is 68.2 Å². The van der Waals surface area contributed by atoms with Crippen LogP contribution in [0.1, 0.15) is 0 Å². The van der Waals surface area contributed by atoms with Gasteiger partial charge in [-0.2, -0.15) is 0 Å². The Morgan fingerprint density at radius 3 is 0.552 bits per heavy atom. The van der Waals surface area contributed by atoms with Gasteiger partial charge in [-0.25, -0.2) is 0 Å². The van der Waals surface area contributed by atoms with E-state index in [1.165, 1.54) is 32.3 Å². The molecule has 0 aliphatic heterocycles. The number of benzene rings is 16. The first-order valence-electron chi connectivity index (χ1n) is 32.8. The molecule has 0 spiro atoms. The highest BCUT2D eigenvalue weighted by Crippen LogP contribution is 2.47. The van der Waals surface area contributed by atoms with E-state index in [2.05, 4.69) is 405 Å². The van der Waals surface area contributed by atoms with Gasteiger partial charge >= 0.3 is 0 Å². The van der Waals surface area contributed by atoms with Gasteiger partial charge in [0.25, 0.3) is 0 Å². The Morgan fingerprint density at radius 2 is 0.333 bits per heavy atom. The van der Waals surface area contributed by atoms with Crippen molar-refractivity contribution in [1.29, 1.82) is 0 Å². The highest BCUT2D eigenvalue weighted by molar-refractivity contribution is 6.26. The zero-order valence-electron chi connectivity index (χ0n) is 52.5. The lowest BCUT2D eigenvalue weighted by molar-refractivity contribution is 1.18. The summed E-state index contributed by atoms with van der Waals surface area (Å²) in [5.74, 6) is 0. The Morgan fingerprint density at radius 1 is 0.135 bits per heavy atom. The Balaban J connectivity index is 0.824. The van der Waals surface area contributed by atoms with E-state index in [0.29, 0.717) is 0 Å². The maximum Gasteiger partial charge on any atom is 0.0542 e. The van der Waals surface area contributed by atoms with Crippen molar-refractivity contribution in [2.45, 2.75) is 0 Å². The van der Waals surface area contributed by atoms with Gasteiger partial charge < -0.3 is 28.7 Å². The summed E-state index contributed by atoms with van der Waals surface area (Å²) in [6.45, 7) is 0. The molecule has 452 valence electrons. The summed E-state index contributed by atoms with van der Waals surface area (Å²) < 4.78 is 4.95. The minimum absolute atomic E-state index is 1.08. The second-order valence-electron chi connectivity index (χ2n) is 24.5. The first-order valence-corrected chi connectivity index (χ1v) is 32.8. The zero-order chi connectivity index (χ0) is 63.5. The van der Waals surface area contributed by atoms with Crippen molar-refractivity contribution in [2.75, 3.05) is 19.6 Å². The molecule has 2 aromatic heterocycles. The molecule has 0 aliphatic carbocycles. The van der Waals surface area contributed by atoms with Gasteiger partial charge in [0.2, 0.25) is 0 Å². The topological polar surface area (TPSA) is 22.8 Å². The molecule has 0 N–H and O–H groups in total. The van der Waals surface area contributed by atoms with Crippen LogP contribution in [0.5, 0.6) is 0 Å². The Labute approximate surface area is 557 Å². The third-order valence-electron chi connectivity index (χ3n) is 18.9. The molecule has 0 saturated carbocycles. The third kappa shape index (κ3) is 9.66. The molecule has 0 fully saturated rings. The first-order chi connectivity index (χ1) is 47.6. The van der Waals surface area contributed by atoms with Crippen molar-refractivity contribution in [1.82, 2.24) is 9.13 Å². The van der Waals surface area contributed by atoms with Gasteiger partial charge in [-0.3, -0.25) is 0 Å². The van der Waals surface area contributed by atoms with E-state index in [9.17, 15) is 0 Å². The van der Waals surface area contributed by atoms with Crippen LogP contribution in [0.2, 0.25) is 0 Å². The molecule has 6 heteroatoms. The van der Waals surface area contributed by atoms with E-state index in [1.54, 1.807) is 0 Å². The number of fused-ring (bicyclic) bond motifs is 12. The molecule has 0 atom stereocenters.